The van der Waals surface area contributed by atoms with E-state index >= 15 is 0 Å². The number of carbonyl (C=O) groups is 2. The fourth-order valence-electron chi connectivity index (χ4n) is 0.884. The number of halogens is 1. The van der Waals surface area contributed by atoms with Crippen LogP contribution in [-0.2, 0) is 4.79 Å². The minimum Gasteiger partial charge on any atom is -0.478 e. The monoisotopic (exact) mass is 306 g/mol. The van der Waals surface area contributed by atoms with Gasteiger partial charge in [0, 0.05) is 5.69 Å². The van der Waals surface area contributed by atoms with Gasteiger partial charge in [-0.25, -0.2) is 4.79 Å². The number of anilines is 1. The molecule has 0 aromatic heterocycles. The number of carbonyl (C=O) groups excluding carboxylic acids is 1. The van der Waals surface area contributed by atoms with Gasteiger partial charge in [-0.05, 0) is 24.3 Å². The largest absolute Gasteiger partial charge is 0.478 e. The van der Waals surface area contributed by atoms with Crippen LogP contribution in [0.3, 0.4) is 0 Å². The summed E-state index contributed by atoms with van der Waals surface area (Å²) in [5.41, 5.74) is 0.885. The van der Waals surface area contributed by atoms with Crippen molar-refractivity contribution in [1.29, 1.82) is 1.43 Å². The number of carboxylic acid groups (broad SMARTS) is 1. The van der Waals surface area contributed by atoms with Gasteiger partial charge < -0.3 is 10.4 Å². The lowest BCUT2D eigenvalue weighted by Gasteiger charge is -2.02. The van der Waals surface area contributed by atoms with E-state index in [1.54, 1.807) is 12.1 Å². The predicted octanol–water partition coefficient (Wildman–Crippen LogP) is 1.76. The van der Waals surface area contributed by atoms with Crippen LogP contribution in [-0.4, -0.2) is 21.4 Å². The molecule has 0 aliphatic carbocycles. The molecule has 0 saturated carbocycles. The Hall–Kier alpha value is -1.11. The van der Waals surface area contributed by atoms with Crippen molar-refractivity contribution in [2.24, 2.45) is 0 Å². The number of nitrogens with one attached hydrogen (secondary N) is 1. The lowest BCUT2D eigenvalue weighted by molar-refractivity contribution is -0.113. The van der Waals surface area contributed by atoms with Crippen LogP contribution in [0.1, 0.15) is 10.4 Å². The highest BCUT2D eigenvalue weighted by atomic mass is 127. The standard InChI is InChI=1S/C9H8INO3/c10-5-8(12)11-7-3-1-6(2-4-7)9(13)14/h1-4H,5H2,(H,11,12)(H,13,14)/i/hD. The van der Waals surface area contributed by atoms with Crippen LogP contribution in [0.4, 0.5) is 5.69 Å². The van der Waals surface area contributed by atoms with Crippen molar-refractivity contribution in [3.63, 3.8) is 0 Å². The summed E-state index contributed by atoms with van der Waals surface area (Å²) in [6.07, 6.45) is 0. The van der Waals surface area contributed by atoms with Gasteiger partial charge in [0.2, 0.25) is 5.91 Å². The Morgan fingerprint density at radius 1 is 1.43 bits per heavy atom. The fraction of sp³-hybridized carbons (Fsp3) is 0.111. The molecule has 0 heterocycles. The maximum absolute atomic E-state index is 11.0. The highest BCUT2D eigenvalue weighted by molar-refractivity contribution is 14.1. The molecule has 5 heteroatoms. The second-order valence-corrected chi connectivity index (χ2v) is 3.31. The third-order valence-corrected chi connectivity index (χ3v) is 2.22. The molecule has 0 spiro atoms. The zero-order valence-corrected chi connectivity index (χ0v) is 9.28. The fourth-order valence-corrected chi connectivity index (χ4v) is 1.07. The van der Waals surface area contributed by atoms with Gasteiger partial charge in [-0.3, -0.25) is 4.79 Å². The lowest BCUT2D eigenvalue weighted by atomic mass is 10.2. The summed E-state index contributed by atoms with van der Waals surface area (Å²) in [5.74, 6) is -0.826. The topological polar surface area (TPSA) is 66.4 Å². The summed E-state index contributed by atoms with van der Waals surface area (Å²) in [5, 5.41) is 6.43. The van der Waals surface area contributed by atoms with Gasteiger partial charge in [-0.1, -0.05) is 22.6 Å². The second kappa shape index (κ2) is 4.94. The molecule has 0 aliphatic rings. The Kier molecular flexibility index (Phi) is 3.33. The molecule has 0 saturated heterocycles. The summed E-state index contributed by atoms with van der Waals surface area (Å²) < 4.78 is 6.79. The van der Waals surface area contributed by atoms with Gasteiger partial charge in [-0.2, -0.15) is 0 Å². The number of rotatable bonds is 3. The zero-order chi connectivity index (χ0) is 11.3. The van der Waals surface area contributed by atoms with Crippen molar-refractivity contribution in [2.75, 3.05) is 9.74 Å². The molecule has 14 heavy (non-hydrogen) atoms. The lowest BCUT2D eigenvalue weighted by Crippen LogP contribution is -2.12. The molecule has 2 N–H and O–H groups in total. The Morgan fingerprint density at radius 2 is 2.07 bits per heavy atom. The number of aromatic carboxylic acids is 1. The third kappa shape index (κ3) is 2.99. The molecule has 0 fully saturated rings. The number of benzene rings is 1. The van der Waals surface area contributed by atoms with E-state index in [9.17, 15) is 9.59 Å². The minimum absolute atomic E-state index is 0.105. The Bertz CT molecular complexity index is 366. The summed E-state index contributed by atoms with van der Waals surface area (Å²) in [6, 6.07) is 6.13. The zero-order valence-electron chi connectivity index (χ0n) is 8.12. The average Bonchev–Trinajstić information content (AvgIpc) is 2.29. The average molecular weight is 306 g/mol. The molecule has 0 bridgehead atoms. The second-order valence-electron chi connectivity index (χ2n) is 2.55. The first-order valence-corrected chi connectivity index (χ1v) is 5.33. The SMILES string of the molecule is [2H]OC(=O)c1ccc(NC(=O)CI)cc1. The molecule has 1 rings (SSSR count). The Labute approximate surface area is 95.9 Å². The predicted molar refractivity (Wildman–Crippen MR) is 60.9 cm³/mol. The first-order chi connectivity index (χ1) is 7.17. The maximum atomic E-state index is 11.0. The first kappa shape index (κ1) is 9.45. The Morgan fingerprint density at radius 3 is 2.57 bits per heavy atom. The van der Waals surface area contributed by atoms with Gasteiger partial charge in [0.05, 0.1) is 9.99 Å². The van der Waals surface area contributed by atoms with Gasteiger partial charge in [0.1, 0.15) is 0 Å². The van der Waals surface area contributed by atoms with E-state index in [0.29, 0.717) is 10.1 Å². The molecular formula is C9H8INO3. The highest BCUT2D eigenvalue weighted by Gasteiger charge is 2.03. The summed E-state index contributed by atoms with van der Waals surface area (Å²) >= 11 is 1.95. The van der Waals surface area contributed by atoms with Crippen molar-refractivity contribution >= 4 is 40.2 Å². The normalized spacial score (nSPS) is 10.2. The molecule has 0 unspecified atom stereocenters. The Balaban J connectivity index is 2.72. The maximum Gasteiger partial charge on any atom is 0.335 e. The van der Waals surface area contributed by atoms with E-state index in [-0.39, 0.29) is 11.5 Å². The van der Waals surface area contributed by atoms with Crippen molar-refractivity contribution in [2.45, 2.75) is 0 Å². The van der Waals surface area contributed by atoms with Crippen LogP contribution >= 0.6 is 22.6 Å². The quantitative estimate of drug-likeness (QED) is 0.660. The van der Waals surface area contributed by atoms with Crippen LogP contribution in [0.2, 0.25) is 0 Å². The molecule has 1 amide bonds. The van der Waals surface area contributed by atoms with Crippen LogP contribution in [0.15, 0.2) is 24.3 Å². The van der Waals surface area contributed by atoms with E-state index in [0.717, 1.165) is 0 Å². The molecule has 4 nitrogen and oxygen atoms in total. The third-order valence-electron chi connectivity index (χ3n) is 1.53. The smallest absolute Gasteiger partial charge is 0.335 e. The van der Waals surface area contributed by atoms with Gasteiger partial charge in [-0.15, -0.1) is 0 Å². The van der Waals surface area contributed by atoms with E-state index in [1.807, 2.05) is 22.6 Å². The minimum atomic E-state index is -0.721. The van der Waals surface area contributed by atoms with E-state index in [4.69, 9.17) is 1.43 Å². The van der Waals surface area contributed by atoms with Crippen molar-refractivity contribution in [1.82, 2.24) is 0 Å². The molecular weight excluding hydrogens is 297 g/mol. The number of amides is 1. The van der Waals surface area contributed by atoms with E-state index < -0.39 is 5.97 Å². The van der Waals surface area contributed by atoms with Gasteiger partial charge in [0.25, 0.3) is 1.43 Å². The van der Waals surface area contributed by atoms with Gasteiger partial charge in [0.15, 0.2) is 0 Å². The number of alkyl halides is 1. The molecule has 74 valence electrons. The summed E-state index contributed by atoms with van der Waals surface area (Å²) in [6.45, 7) is 0. The van der Waals surface area contributed by atoms with E-state index in [2.05, 4.69) is 10.4 Å². The van der Waals surface area contributed by atoms with E-state index in [1.165, 1.54) is 12.1 Å². The van der Waals surface area contributed by atoms with Crippen molar-refractivity contribution in [3.8, 4) is 0 Å². The molecule has 0 aliphatic heterocycles. The van der Waals surface area contributed by atoms with Crippen LogP contribution in [0.25, 0.3) is 1.43 Å². The molecule has 0 atom stereocenters. The van der Waals surface area contributed by atoms with Crippen LogP contribution < -0.4 is 5.32 Å². The first-order valence-electron chi connectivity index (χ1n) is 4.21. The van der Waals surface area contributed by atoms with Gasteiger partial charge >= 0.3 is 5.97 Å². The number of hydrogen-bond donors (Lipinski definition) is 2. The molecule has 1 aromatic rings. The van der Waals surface area contributed by atoms with Crippen LogP contribution in [0.5, 0.6) is 0 Å². The molecule has 1 aromatic carbocycles. The van der Waals surface area contributed by atoms with Crippen molar-refractivity contribution < 1.29 is 14.7 Å². The number of carboxylic acids is 1. The van der Waals surface area contributed by atoms with Crippen molar-refractivity contribution in [3.05, 3.63) is 29.8 Å². The summed E-state index contributed by atoms with van der Waals surface area (Å²) in [7, 11) is 0. The van der Waals surface area contributed by atoms with Crippen LogP contribution in [0, 0.1) is 0 Å². The number of hydrogen-bond acceptors (Lipinski definition) is 3. The molecule has 0 radical (unpaired) electrons. The summed E-state index contributed by atoms with van der Waals surface area (Å²) in [4.78, 5) is 21.9. The highest BCUT2D eigenvalue weighted by Crippen LogP contribution is 2.09.